The van der Waals surface area contributed by atoms with E-state index in [2.05, 4.69) is 15.6 Å². The second-order valence-corrected chi connectivity index (χ2v) is 5.32. The van der Waals surface area contributed by atoms with Crippen LogP contribution < -0.4 is 10.6 Å². The zero-order valence-corrected chi connectivity index (χ0v) is 11.7. The van der Waals surface area contributed by atoms with E-state index in [1.807, 2.05) is 26.8 Å². The Morgan fingerprint density at radius 3 is 2.63 bits per heavy atom. The van der Waals surface area contributed by atoms with Crippen molar-refractivity contribution in [1.82, 2.24) is 10.3 Å². The Hall–Kier alpha value is -2.06. The van der Waals surface area contributed by atoms with Crippen LogP contribution in [0.1, 0.15) is 20.8 Å². The maximum atomic E-state index is 11.8. The number of pyridine rings is 1. The number of nitrogens with one attached hydrogen (secondary N) is 2. The summed E-state index contributed by atoms with van der Waals surface area (Å²) in [7, 11) is 0. The molecular formula is C13H15ClN4O. The molecule has 1 aromatic heterocycles. The lowest BCUT2D eigenvalue weighted by Gasteiger charge is -2.19. The van der Waals surface area contributed by atoms with Crippen LogP contribution >= 0.6 is 11.6 Å². The lowest BCUT2D eigenvalue weighted by molar-refractivity contribution is -0.118. The first-order valence-corrected chi connectivity index (χ1v) is 6.00. The first kappa shape index (κ1) is 15.0. The lowest BCUT2D eigenvalue weighted by atomic mass is 10.1. The summed E-state index contributed by atoms with van der Waals surface area (Å²) in [6, 6.07) is 5.15. The Kier molecular flexibility index (Phi) is 4.90. The van der Waals surface area contributed by atoms with Crippen LogP contribution in [0.3, 0.4) is 0 Å². The molecule has 0 saturated carbocycles. The van der Waals surface area contributed by atoms with Gasteiger partial charge in [0, 0.05) is 17.9 Å². The number of amides is 1. The van der Waals surface area contributed by atoms with Gasteiger partial charge in [-0.3, -0.25) is 4.79 Å². The van der Waals surface area contributed by atoms with Crippen LogP contribution in [0.25, 0.3) is 0 Å². The zero-order valence-electron chi connectivity index (χ0n) is 11.0. The lowest BCUT2D eigenvalue weighted by Crippen LogP contribution is -2.41. The Morgan fingerprint density at radius 1 is 1.47 bits per heavy atom. The topological polar surface area (TPSA) is 77.8 Å². The fourth-order valence-electron chi connectivity index (χ4n) is 1.16. The number of nitrogens with zero attached hydrogens (tertiary/aromatic N) is 2. The normalized spacial score (nSPS) is 11.6. The van der Waals surface area contributed by atoms with Crippen LogP contribution in [-0.2, 0) is 4.79 Å². The molecule has 1 heterocycles. The zero-order chi connectivity index (χ0) is 14.5. The largest absolute Gasteiger partial charge is 0.347 e. The second-order valence-electron chi connectivity index (χ2n) is 4.88. The number of rotatable bonds is 3. The first-order valence-electron chi connectivity index (χ1n) is 5.63. The van der Waals surface area contributed by atoms with Gasteiger partial charge in [-0.2, -0.15) is 5.26 Å². The van der Waals surface area contributed by atoms with Crippen molar-refractivity contribution in [1.29, 1.82) is 5.26 Å². The standard InChI is InChI=1S/C13H15ClN4O/c1-13(2,3)18-12(19)9(6-15)7-16-11-5-4-10(14)8-17-11/h4-5,7-8H,1-3H3,(H,16,17)(H,18,19)/b9-7-. The Bertz CT molecular complexity index is 523. The molecule has 0 unspecified atom stereocenters. The van der Waals surface area contributed by atoms with Gasteiger partial charge in [0.25, 0.3) is 5.91 Å². The van der Waals surface area contributed by atoms with E-state index in [9.17, 15) is 4.79 Å². The minimum Gasteiger partial charge on any atom is -0.347 e. The van der Waals surface area contributed by atoms with Gasteiger partial charge in [0.15, 0.2) is 0 Å². The molecule has 0 bridgehead atoms. The highest BCUT2D eigenvalue weighted by Gasteiger charge is 2.17. The number of nitriles is 1. The summed E-state index contributed by atoms with van der Waals surface area (Å²) in [5, 5.41) is 14.9. The summed E-state index contributed by atoms with van der Waals surface area (Å²) < 4.78 is 0. The Balaban J connectivity index is 2.75. The third kappa shape index (κ3) is 5.40. The molecule has 0 aromatic carbocycles. The minimum absolute atomic E-state index is 0.0216. The van der Waals surface area contributed by atoms with Crippen LogP contribution in [0.5, 0.6) is 0 Å². The molecule has 0 fully saturated rings. The monoisotopic (exact) mass is 278 g/mol. The third-order valence-corrected chi connectivity index (χ3v) is 2.17. The van der Waals surface area contributed by atoms with E-state index in [0.717, 1.165) is 0 Å². The van der Waals surface area contributed by atoms with Crippen molar-refractivity contribution >= 4 is 23.3 Å². The molecule has 1 rings (SSSR count). The van der Waals surface area contributed by atoms with Crippen molar-refractivity contribution in [3.8, 4) is 6.07 Å². The maximum absolute atomic E-state index is 11.8. The quantitative estimate of drug-likeness (QED) is 0.658. The molecule has 0 saturated heterocycles. The summed E-state index contributed by atoms with van der Waals surface area (Å²) in [5.74, 6) is 0.0668. The van der Waals surface area contributed by atoms with Crippen LogP contribution in [0.2, 0.25) is 5.02 Å². The molecule has 0 aliphatic heterocycles. The first-order chi connectivity index (χ1) is 8.81. The Morgan fingerprint density at radius 2 is 2.16 bits per heavy atom. The molecule has 0 aliphatic rings. The third-order valence-electron chi connectivity index (χ3n) is 1.95. The molecule has 0 radical (unpaired) electrons. The fourth-order valence-corrected chi connectivity index (χ4v) is 1.28. The van der Waals surface area contributed by atoms with Crippen LogP contribution in [0.4, 0.5) is 5.82 Å². The van der Waals surface area contributed by atoms with E-state index >= 15 is 0 Å². The predicted molar refractivity (Wildman–Crippen MR) is 74.5 cm³/mol. The summed E-state index contributed by atoms with van der Waals surface area (Å²) in [5.41, 5.74) is -0.419. The predicted octanol–water partition coefficient (Wildman–Crippen LogP) is 2.47. The molecule has 1 aromatic rings. The number of anilines is 1. The number of hydrogen-bond acceptors (Lipinski definition) is 4. The highest BCUT2D eigenvalue weighted by Crippen LogP contribution is 2.10. The summed E-state index contributed by atoms with van der Waals surface area (Å²) in [4.78, 5) is 15.8. The number of halogens is 1. The van der Waals surface area contributed by atoms with Crippen molar-refractivity contribution < 1.29 is 4.79 Å². The fraction of sp³-hybridized carbons (Fsp3) is 0.308. The highest BCUT2D eigenvalue weighted by molar-refractivity contribution is 6.30. The van der Waals surface area contributed by atoms with Gasteiger partial charge in [-0.05, 0) is 32.9 Å². The van der Waals surface area contributed by atoms with Crippen LogP contribution in [0, 0.1) is 11.3 Å². The van der Waals surface area contributed by atoms with Crippen molar-refractivity contribution in [3.05, 3.63) is 35.1 Å². The van der Waals surface area contributed by atoms with Gasteiger partial charge in [-0.25, -0.2) is 4.98 Å². The van der Waals surface area contributed by atoms with Gasteiger partial charge in [0.05, 0.1) is 5.02 Å². The molecule has 5 nitrogen and oxygen atoms in total. The average Bonchev–Trinajstić information content (AvgIpc) is 2.30. The highest BCUT2D eigenvalue weighted by atomic mass is 35.5. The van der Waals surface area contributed by atoms with Gasteiger partial charge < -0.3 is 10.6 Å². The number of aromatic nitrogens is 1. The molecule has 19 heavy (non-hydrogen) atoms. The second kappa shape index (κ2) is 6.21. The van der Waals surface area contributed by atoms with E-state index in [-0.39, 0.29) is 5.57 Å². The molecule has 6 heteroatoms. The van der Waals surface area contributed by atoms with Crippen molar-refractivity contribution in [2.45, 2.75) is 26.3 Å². The summed E-state index contributed by atoms with van der Waals surface area (Å²) in [6.45, 7) is 5.52. The van der Waals surface area contributed by atoms with E-state index in [1.54, 1.807) is 12.1 Å². The minimum atomic E-state index is -0.434. The van der Waals surface area contributed by atoms with E-state index in [0.29, 0.717) is 10.8 Å². The van der Waals surface area contributed by atoms with Crippen molar-refractivity contribution in [3.63, 3.8) is 0 Å². The molecule has 100 valence electrons. The number of carbonyl (C=O) groups excluding carboxylic acids is 1. The van der Waals surface area contributed by atoms with Crippen LogP contribution in [0.15, 0.2) is 30.1 Å². The molecular weight excluding hydrogens is 264 g/mol. The smallest absolute Gasteiger partial charge is 0.263 e. The number of carbonyl (C=O) groups is 1. The van der Waals surface area contributed by atoms with Gasteiger partial charge in [-0.15, -0.1) is 0 Å². The van der Waals surface area contributed by atoms with Crippen molar-refractivity contribution in [2.24, 2.45) is 0 Å². The van der Waals surface area contributed by atoms with Gasteiger partial charge in [0.1, 0.15) is 17.5 Å². The Labute approximate surface area is 117 Å². The van der Waals surface area contributed by atoms with E-state index < -0.39 is 11.4 Å². The molecule has 0 aliphatic carbocycles. The van der Waals surface area contributed by atoms with Gasteiger partial charge >= 0.3 is 0 Å². The molecule has 1 amide bonds. The van der Waals surface area contributed by atoms with Crippen LogP contribution in [-0.4, -0.2) is 16.4 Å². The van der Waals surface area contributed by atoms with Gasteiger partial charge in [-0.1, -0.05) is 11.6 Å². The van der Waals surface area contributed by atoms with E-state index in [1.165, 1.54) is 12.4 Å². The number of hydrogen-bond donors (Lipinski definition) is 2. The van der Waals surface area contributed by atoms with Gasteiger partial charge in [0.2, 0.25) is 0 Å². The molecule has 2 N–H and O–H groups in total. The SMILES string of the molecule is CC(C)(C)NC(=O)/C(C#N)=C\Nc1ccc(Cl)cn1. The summed E-state index contributed by atoms with van der Waals surface area (Å²) >= 11 is 5.70. The van der Waals surface area contributed by atoms with Crippen molar-refractivity contribution in [2.75, 3.05) is 5.32 Å². The molecule has 0 atom stereocenters. The summed E-state index contributed by atoms with van der Waals surface area (Å²) in [6.07, 6.45) is 2.79. The van der Waals surface area contributed by atoms with E-state index in [4.69, 9.17) is 16.9 Å². The maximum Gasteiger partial charge on any atom is 0.263 e. The molecule has 0 spiro atoms. The average molecular weight is 279 g/mol.